The monoisotopic (exact) mass is 265 g/mol. The molecule has 1 aliphatic heterocycles. The molecule has 3 amide bonds. The zero-order valence-electron chi connectivity index (χ0n) is 10.4. The van der Waals surface area contributed by atoms with Gasteiger partial charge >= 0.3 is 5.97 Å². The first-order chi connectivity index (χ1) is 8.96. The molecule has 0 aromatic carbocycles. The van der Waals surface area contributed by atoms with Crippen LogP contribution in [0.1, 0.15) is 38.5 Å². The molecule has 0 bridgehead atoms. The van der Waals surface area contributed by atoms with Crippen molar-refractivity contribution in [3.63, 3.8) is 0 Å². The van der Waals surface area contributed by atoms with E-state index in [0.29, 0.717) is 17.7 Å². The molecule has 0 saturated heterocycles. The largest absolute Gasteiger partial charge is 0.481 e. The van der Waals surface area contributed by atoms with Gasteiger partial charge in [-0.15, -0.1) is 0 Å². The number of carbonyl (C=O) groups excluding carboxylic acids is 3. The molecule has 1 saturated carbocycles. The molecule has 6 nitrogen and oxygen atoms in total. The molecule has 0 radical (unpaired) electrons. The molecule has 2 aliphatic rings. The van der Waals surface area contributed by atoms with Gasteiger partial charge in [-0.1, -0.05) is 19.3 Å². The summed E-state index contributed by atoms with van der Waals surface area (Å²) in [5.74, 6) is -3.12. The zero-order valence-corrected chi connectivity index (χ0v) is 10.4. The lowest BCUT2D eigenvalue weighted by Gasteiger charge is -2.33. The second-order valence-corrected chi connectivity index (χ2v) is 5.06. The van der Waals surface area contributed by atoms with Gasteiger partial charge < -0.3 is 5.11 Å². The minimum Gasteiger partial charge on any atom is -0.481 e. The number of amides is 3. The Kier molecular flexibility index (Phi) is 3.50. The van der Waals surface area contributed by atoms with Gasteiger partial charge in [-0.05, 0) is 12.8 Å². The van der Waals surface area contributed by atoms with Gasteiger partial charge in [0, 0.05) is 18.6 Å². The van der Waals surface area contributed by atoms with Crippen molar-refractivity contribution in [1.29, 1.82) is 0 Å². The third-order valence-electron chi connectivity index (χ3n) is 3.81. The predicted molar refractivity (Wildman–Crippen MR) is 63.8 cm³/mol. The highest BCUT2D eigenvalue weighted by molar-refractivity contribution is 6.22. The summed E-state index contributed by atoms with van der Waals surface area (Å²) in [5.41, 5.74) is -1.13. The highest BCUT2D eigenvalue weighted by Crippen LogP contribution is 2.40. The number of imide groups is 3. The minimum absolute atomic E-state index is 0.290. The molecule has 2 rings (SSSR count). The van der Waals surface area contributed by atoms with Crippen LogP contribution in [0.25, 0.3) is 0 Å². The fraction of sp³-hybridized carbons (Fsp3) is 0.538. The van der Waals surface area contributed by atoms with E-state index in [9.17, 15) is 24.3 Å². The summed E-state index contributed by atoms with van der Waals surface area (Å²) < 4.78 is 0. The highest BCUT2D eigenvalue weighted by atomic mass is 16.4. The second-order valence-electron chi connectivity index (χ2n) is 5.06. The Morgan fingerprint density at radius 2 is 1.63 bits per heavy atom. The van der Waals surface area contributed by atoms with Gasteiger partial charge in [0.2, 0.25) is 5.91 Å². The van der Waals surface area contributed by atoms with Crippen LogP contribution >= 0.6 is 0 Å². The fourth-order valence-corrected chi connectivity index (χ4v) is 2.71. The molecule has 0 aromatic rings. The quantitative estimate of drug-likeness (QED) is 0.764. The topological polar surface area (TPSA) is 91.8 Å². The van der Waals surface area contributed by atoms with Crippen LogP contribution < -0.4 is 0 Å². The molecule has 0 spiro atoms. The highest BCUT2D eigenvalue weighted by Gasteiger charge is 2.44. The molecular weight excluding hydrogens is 250 g/mol. The Hall–Kier alpha value is -1.98. The second kappa shape index (κ2) is 4.95. The number of carboxylic acid groups (broad SMARTS) is 1. The minimum atomic E-state index is -1.13. The molecule has 6 heteroatoms. The smallest absolute Gasteiger partial charge is 0.310 e. The Balaban J connectivity index is 2.14. The Morgan fingerprint density at radius 3 is 2.11 bits per heavy atom. The average molecular weight is 265 g/mol. The lowest BCUT2D eigenvalue weighted by Crippen LogP contribution is -2.43. The van der Waals surface area contributed by atoms with E-state index in [2.05, 4.69) is 0 Å². The molecule has 1 aliphatic carbocycles. The van der Waals surface area contributed by atoms with Crippen molar-refractivity contribution >= 4 is 23.7 Å². The summed E-state index contributed by atoms with van der Waals surface area (Å²) in [5, 5.41) is 9.36. The fourth-order valence-electron chi connectivity index (χ4n) is 2.71. The van der Waals surface area contributed by atoms with E-state index in [0.717, 1.165) is 31.4 Å². The predicted octanol–water partition coefficient (Wildman–Crippen LogP) is 0.863. The van der Waals surface area contributed by atoms with Gasteiger partial charge in [-0.25, -0.2) is 4.90 Å². The maximum absolute atomic E-state index is 12.0. The third-order valence-corrected chi connectivity index (χ3v) is 3.81. The molecule has 1 fully saturated rings. The maximum atomic E-state index is 12.0. The molecule has 0 atom stereocenters. The Bertz CT molecular complexity index is 455. The normalized spacial score (nSPS) is 21.8. The van der Waals surface area contributed by atoms with Gasteiger partial charge in [0.25, 0.3) is 11.8 Å². The van der Waals surface area contributed by atoms with Gasteiger partial charge in [-0.3, -0.25) is 19.2 Å². The molecule has 0 unspecified atom stereocenters. The summed E-state index contributed by atoms with van der Waals surface area (Å²) in [7, 11) is 0. The van der Waals surface area contributed by atoms with Gasteiger partial charge in [0.1, 0.15) is 0 Å². The number of nitrogens with zero attached hydrogens (tertiary/aromatic N) is 1. The van der Waals surface area contributed by atoms with Crippen molar-refractivity contribution in [2.45, 2.75) is 38.5 Å². The molecule has 19 heavy (non-hydrogen) atoms. The van der Waals surface area contributed by atoms with Gasteiger partial charge in [0.15, 0.2) is 0 Å². The van der Waals surface area contributed by atoms with Crippen molar-refractivity contribution in [2.75, 3.05) is 0 Å². The van der Waals surface area contributed by atoms with E-state index >= 15 is 0 Å². The lowest BCUT2D eigenvalue weighted by atomic mass is 9.71. The van der Waals surface area contributed by atoms with Crippen LogP contribution in [0, 0.1) is 5.41 Å². The van der Waals surface area contributed by atoms with Gasteiger partial charge in [0.05, 0.1) is 5.41 Å². The van der Waals surface area contributed by atoms with Gasteiger partial charge in [-0.2, -0.15) is 0 Å². The van der Waals surface area contributed by atoms with Crippen LogP contribution in [0.3, 0.4) is 0 Å². The molecule has 1 heterocycles. The number of carbonyl (C=O) groups is 4. The number of hydrogen-bond acceptors (Lipinski definition) is 4. The first-order valence-electron chi connectivity index (χ1n) is 6.29. The molecular formula is C13H15NO5. The molecule has 1 N–H and O–H groups in total. The standard InChI is InChI=1S/C13H15NO5/c15-9-4-5-10(16)14(9)11(17)8-13(12(18)19)6-2-1-3-7-13/h4-5H,1-3,6-8H2,(H,18,19). The van der Waals surface area contributed by atoms with Crippen molar-refractivity contribution in [3.05, 3.63) is 12.2 Å². The number of rotatable bonds is 3. The summed E-state index contributed by atoms with van der Waals surface area (Å²) >= 11 is 0. The van der Waals surface area contributed by atoms with Crippen molar-refractivity contribution in [1.82, 2.24) is 4.90 Å². The first kappa shape index (κ1) is 13.5. The van der Waals surface area contributed by atoms with Crippen LogP contribution in [0.5, 0.6) is 0 Å². The molecule has 102 valence electrons. The lowest BCUT2D eigenvalue weighted by molar-refractivity contribution is -0.159. The Morgan fingerprint density at radius 1 is 1.11 bits per heavy atom. The van der Waals surface area contributed by atoms with Crippen LogP contribution in [-0.4, -0.2) is 33.7 Å². The van der Waals surface area contributed by atoms with E-state index in [1.165, 1.54) is 0 Å². The van der Waals surface area contributed by atoms with E-state index in [4.69, 9.17) is 0 Å². The van der Waals surface area contributed by atoms with E-state index < -0.39 is 29.1 Å². The van der Waals surface area contributed by atoms with Crippen LogP contribution in [0.4, 0.5) is 0 Å². The SMILES string of the molecule is O=C1C=CC(=O)N1C(=O)CC1(C(=O)O)CCCCC1. The average Bonchev–Trinajstić information content (AvgIpc) is 2.70. The summed E-state index contributed by atoms with van der Waals surface area (Å²) in [6.45, 7) is 0. The number of carboxylic acids is 1. The first-order valence-corrected chi connectivity index (χ1v) is 6.29. The van der Waals surface area contributed by atoms with E-state index in [1.807, 2.05) is 0 Å². The van der Waals surface area contributed by atoms with Crippen LogP contribution in [0.2, 0.25) is 0 Å². The summed E-state index contributed by atoms with van der Waals surface area (Å²) in [6.07, 6.45) is 5.03. The van der Waals surface area contributed by atoms with Crippen LogP contribution in [-0.2, 0) is 19.2 Å². The Labute approximate surface area is 110 Å². The maximum Gasteiger partial charge on any atom is 0.310 e. The number of aliphatic carboxylic acids is 1. The number of hydrogen-bond donors (Lipinski definition) is 1. The van der Waals surface area contributed by atoms with E-state index in [1.54, 1.807) is 0 Å². The zero-order chi connectivity index (χ0) is 14.0. The van der Waals surface area contributed by atoms with Crippen molar-refractivity contribution < 1.29 is 24.3 Å². The summed E-state index contributed by atoms with van der Waals surface area (Å²) in [4.78, 5) is 46.8. The van der Waals surface area contributed by atoms with Crippen molar-refractivity contribution in [3.8, 4) is 0 Å². The summed E-state index contributed by atoms with van der Waals surface area (Å²) in [6, 6.07) is 0. The van der Waals surface area contributed by atoms with Crippen LogP contribution in [0.15, 0.2) is 12.2 Å². The van der Waals surface area contributed by atoms with Crippen molar-refractivity contribution in [2.24, 2.45) is 5.41 Å². The van der Waals surface area contributed by atoms with E-state index in [-0.39, 0.29) is 6.42 Å². The molecule has 0 aromatic heterocycles. The third kappa shape index (κ3) is 2.43.